The van der Waals surface area contributed by atoms with E-state index in [0.717, 1.165) is 24.1 Å². The van der Waals surface area contributed by atoms with Gasteiger partial charge >= 0.3 is 5.97 Å². The predicted molar refractivity (Wildman–Crippen MR) is 97.0 cm³/mol. The first-order valence-corrected chi connectivity index (χ1v) is 8.61. The Kier molecular flexibility index (Phi) is 4.16. The van der Waals surface area contributed by atoms with E-state index >= 15 is 0 Å². The van der Waals surface area contributed by atoms with E-state index in [4.69, 9.17) is 4.52 Å². The zero-order valence-electron chi connectivity index (χ0n) is 14.3. The van der Waals surface area contributed by atoms with Gasteiger partial charge in [0.1, 0.15) is 0 Å². The van der Waals surface area contributed by atoms with Crippen molar-refractivity contribution < 1.29 is 14.4 Å². The first-order valence-electron chi connectivity index (χ1n) is 8.61. The minimum atomic E-state index is -1.07. The predicted octanol–water partition coefficient (Wildman–Crippen LogP) is 4.31. The lowest BCUT2D eigenvalue weighted by molar-refractivity contribution is 0.0698. The Hall–Kier alpha value is -3.15. The van der Waals surface area contributed by atoms with Gasteiger partial charge < -0.3 is 14.9 Å². The molecule has 2 N–H and O–H groups in total. The number of carboxylic acids is 1. The molecule has 0 bridgehead atoms. The van der Waals surface area contributed by atoms with Crippen LogP contribution in [0.1, 0.15) is 40.5 Å². The van der Waals surface area contributed by atoms with Crippen LogP contribution in [-0.2, 0) is 0 Å². The molecule has 2 heterocycles. The summed E-state index contributed by atoms with van der Waals surface area (Å²) < 4.78 is 5.40. The zero-order valence-corrected chi connectivity index (χ0v) is 14.3. The van der Waals surface area contributed by atoms with Crippen LogP contribution in [0.25, 0.3) is 11.3 Å². The van der Waals surface area contributed by atoms with Crippen LogP contribution in [0.2, 0.25) is 0 Å². The maximum Gasteiger partial charge on any atom is 0.343 e. The summed E-state index contributed by atoms with van der Waals surface area (Å²) in [6.45, 7) is 2.01. The van der Waals surface area contributed by atoms with Crippen molar-refractivity contribution in [2.75, 3.05) is 5.32 Å². The van der Waals surface area contributed by atoms with Crippen LogP contribution in [0, 0.1) is 12.8 Å². The Bertz CT molecular complexity index is 932. The fourth-order valence-corrected chi connectivity index (χ4v) is 3.18. The van der Waals surface area contributed by atoms with Gasteiger partial charge in [0, 0.05) is 11.8 Å². The number of benzene rings is 1. The fraction of sp³-hybridized carbons (Fsp3) is 0.250. The van der Waals surface area contributed by atoms with Gasteiger partial charge in [-0.2, -0.15) is 0 Å². The molecule has 26 heavy (non-hydrogen) atoms. The third-order valence-corrected chi connectivity index (χ3v) is 4.67. The number of pyridine rings is 1. The van der Waals surface area contributed by atoms with Crippen LogP contribution in [0.4, 0.5) is 5.82 Å². The number of aromatic carboxylic acids is 1. The van der Waals surface area contributed by atoms with Gasteiger partial charge in [0.15, 0.2) is 17.1 Å². The molecule has 0 spiro atoms. The van der Waals surface area contributed by atoms with Crippen molar-refractivity contribution in [1.29, 1.82) is 0 Å². The molecule has 0 radical (unpaired) electrons. The second-order valence-electron chi connectivity index (χ2n) is 6.57. The van der Waals surface area contributed by atoms with Gasteiger partial charge in [-0.05, 0) is 37.3 Å². The molecule has 1 unspecified atom stereocenters. The monoisotopic (exact) mass is 349 g/mol. The maximum atomic E-state index is 11.9. The van der Waals surface area contributed by atoms with Crippen LogP contribution >= 0.6 is 0 Å². The Balaban J connectivity index is 1.72. The molecule has 0 saturated heterocycles. The van der Waals surface area contributed by atoms with E-state index in [9.17, 15) is 9.90 Å². The third kappa shape index (κ3) is 3.06. The summed E-state index contributed by atoms with van der Waals surface area (Å²) in [5.74, 6) is -0.145. The highest BCUT2D eigenvalue weighted by Crippen LogP contribution is 2.44. The highest BCUT2D eigenvalue weighted by molar-refractivity contribution is 5.99. The van der Waals surface area contributed by atoms with E-state index < -0.39 is 5.97 Å². The van der Waals surface area contributed by atoms with E-state index in [-0.39, 0.29) is 23.2 Å². The van der Waals surface area contributed by atoms with Crippen LogP contribution in [0.3, 0.4) is 0 Å². The molecule has 1 fully saturated rings. The third-order valence-electron chi connectivity index (χ3n) is 4.67. The minimum Gasteiger partial charge on any atom is -0.477 e. The summed E-state index contributed by atoms with van der Waals surface area (Å²) in [6, 6.07) is 13.0. The molecule has 0 amide bonds. The molecule has 132 valence electrons. The summed E-state index contributed by atoms with van der Waals surface area (Å²) in [5, 5.41) is 17.0. The van der Waals surface area contributed by atoms with Crippen molar-refractivity contribution in [1.82, 2.24) is 10.1 Å². The molecular formula is C20H19N3O3. The maximum absolute atomic E-state index is 11.9. The number of nitrogens with one attached hydrogen (secondary N) is 1. The minimum absolute atomic E-state index is 0.0513. The van der Waals surface area contributed by atoms with Crippen molar-refractivity contribution in [3.63, 3.8) is 0 Å². The van der Waals surface area contributed by atoms with E-state index in [1.54, 1.807) is 18.3 Å². The van der Waals surface area contributed by atoms with Gasteiger partial charge in [-0.15, -0.1) is 0 Å². The number of anilines is 1. The van der Waals surface area contributed by atoms with E-state index in [1.165, 1.54) is 0 Å². The average molecular weight is 349 g/mol. The van der Waals surface area contributed by atoms with Crippen LogP contribution in [-0.4, -0.2) is 21.2 Å². The lowest BCUT2D eigenvalue weighted by Gasteiger charge is -2.19. The van der Waals surface area contributed by atoms with Crippen LogP contribution < -0.4 is 5.32 Å². The Morgan fingerprint density at radius 2 is 2.00 bits per heavy atom. The molecule has 0 aliphatic heterocycles. The summed E-state index contributed by atoms with van der Waals surface area (Å²) in [5.41, 5.74) is 2.73. The van der Waals surface area contributed by atoms with Crippen molar-refractivity contribution >= 4 is 11.8 Å². The number of aryl methyl sites for hydroxylation is 1. The standard InChI is InChI=1S/C20H19N3O3/c1-12-6-5-11-21-16(12)17(13-9-10-13)22-19-15(20(24)25)18(26-23-19)14-7-3-2-4-8-14/h2-8,11,13,17H,9-10H2,1H3,(H,22,23)(H,24,25). The van der Waals surface area contributed by atoms with Gasteiger partial charge in [0.05, 0.1) is 11.7 Å². The SMILES string of the molecule is Cc1cccnc1C(Nc1noc(-c2ccccc2)c1C(=O)O)C1CC1. The zero-order chi connectivity index (χ0) is 18.1. The molecule has 1 aromatic carbocycles. The average Bonchev–Trinajstić information content (AvgIpc) is 3.40. The van der Waals surface area contributed by atoms with Crippen molar-refractivity contribution in [3.05, 3.63) is 65.5 Å². The molecule has 1 saturated carbocycles. The lowest BCUT2D eigenvalue weighted by Crippen LogP contribution is -2.17. The molecule has 6 heteroatoms. The molecular weight excluding hydrogens is 330 g/mol. The molecule has 6 nitrogen and oxygen atoms in total. The summed E-state index contributed by atoms with van der Waals surface area (Å²) >= 11 is 0. The number of rotatable bonds is 6. The highest BCUT2D eigenvalue weighted by atomic mass is 16.5. The lowest BCUT2D eigenvalue weighted by atomic mass is 10.0. The molecule has 2 aromatic heterocycles. The number of hydrogen-bond acceptors (Lipinski definition) is 5. The van der Waals surface area contributed by atoms with Crippen molar-refractivity contribution in [3.8, 4) is 11.3 Å². The van der Waals surface area contributed by atoms with Crippen molar-refractivity contribution in [2.45, 2.75) is 25.8 Å². The van der Waals surface area contributed by atoms with E-state index in [2.05, 4.69) is 15.5 Å². The number of carbonyl (C=O) groups is 1. The smallest absolute Gasteiger partial charge is 0.343 e. The largest absolute Gasteiger partial charge is 0.477 e. The topological polar surface area (TPSA) is 88.3 Å². The first-order chi connectivity index (χ1) is 12.6. The second-order valence-corrected chi connectivity index (χ2v) is 6.57. The van der Waals surface area contributed by atoms with E-state index in [1.807, 2.05) is 37.3 Å². The van der Waals surface area contributed by atoms with Gasteiger partial charge in [-0.1, -0.05) is 41.6 Å². The molecule has 1 atom stereocenters. The van der Waals surface area contributed by atoms with Gasteiger partial charge in [-0.3, -0.25) is 4.98 Å². The second kappa shape index (κ2) is 6.63. The number of hydrogen-bond donors (Lipinski definition) is 2. The van der Waals surface area contributed by atoms with Crippen LogP contribution in [0.15, 0.2) is 53.2 Å². The van der Waals surface area contributed by atoms with Crippen molar-refractivity contribution in [2.24, 2.45) is 5.92 Å². The van der Waals surface area contributed by atoms with Crippen LogP contribution in [0.5, 0.6) is 0 Å². The normalized spacial score (nSPS) is 14.8. The Morgan fingerprint density at radius 3 is 2.65 bits per heavy atom. The number of aromatic nitrogens is 2. The number of carboxylic acid groups (broad SMARTS) is 1. The van der Waals surface area contributed by atoms with Gasteiger partial charge in [0.25, 0.3) is 0 Å². The first kappa shape index (κ1) is 16.3. The quantitative estimate of drug-likeness (QED) is 0.689. The summed E-state index contributed by atoms with van der Waals surface area (Å²) in [4.78, 5) is 16.4. The molecule has 1 aliphatic rings. The Labute approximate surface area is 150 Å². The Morgan fingerprint density at radius 1 is 1.23 bits per heavy atom. The highest BCUT2D eigenvalue weighted by Gasteiger charge is 2.36. The molecule has 3 aromatic rings. The molecule has 4 rings (SSSR count). The van der Waals surface area contributed by atoms with Gasteiger partial charge in [-0.25, -0.2) is 4.79 Å². The number of nitrogens with zero attached hydrogens (tertiary/aromatic N) is 2. The summed E-state index contributed by atoms with van der Waals surface area (Å²) in [6.07, 6.45) is 3.93. The summed E-state index contributed by atoms with van der Waals surface area (Å²) in [7, 11) is 0. The molecule has 1 aliphatic carbocycles. The fourth-order valence-electron chi connectivity index (χ4n) is 3.18. The van der Waals surface area contributed by atoms with Gasteiger partial charge in [0.2, 0.25) is 0 Å². The van der Waals surface area contributed by atoms with E-state index in [0.29, 0.717) is 11.5 Å².